The number of anilines is 2. The lowest BCUT2D eigenvalue weighted by Crippen LogP contribution is -2.25. The third kappa shape index (κ3) is 5.09. The first kappa shape index (κ1) is 16.5. The fourth-order valence-corrected chi connectivity index (χ4v) is 1.94. The molecule has 23 heavy (non-hydrogen) atoms. The summed E-state index contributed by atoms with van der Waals surface area (Å²) >= 11 is 0. The summed E-state index contributed by atoms with van der Waals surface area (Å²) in [7, 11) is 1.63. The van der Waals surface area contributed by atoms with Crippen molar-refractivity contribution in [1.29, 1.82) is 5.26 Å². The lowest BCUT2D eigenvalue weighted by molar-refractivity contribution is 0.0948. The Bertz CT molecular complexity index is 692. The number of nitrogens with one attached hydrogen (secondary N) is 2. The molecule has 0 saturated heterocycles. The number of aromatic nitrogens is 1. The fraction of sp³-hybridized carbons (Fsp3) is 0.235. The molecule has 2 rings (SSSR count). The highest BCUT2D eigenvalue weighted by Crippen LogP contribution is 2.15. The van der Waals surface area contributed by atoms with Crippen LogP contribution in [-0.4, -0.2) is 31.2 Å². The Morgan fingerprint density at radius 1 is 1.35 bits per heavy atom. The van der Waals surface area contributed by atoms with E-state index in [1.165, 1.54) is 6.20 Å². The van der Waals surface area contributed by atoms with Crippen LogP contribution in [0.4, 0.5) is 11.5 Å². The molecule has 0 aliphatic carbocycles. The van der Waals surface area contributed by atoms with Gasteiger partial charge in [-0.05, 0) is 36.8 Å². The van der Waals surface area contributed by atoms with Crippen LogP contribution in [0.1, 0.15) is 22.3 Å². The standard InChI is InChI=1S/C17H18N4O2/c1-23-9-3-8-19-17(22)14-6-7-16(20-12-14)21-15-5-2-4-13(10-15)11-18/h2,4-7,10,12H,3,8-9H2,1H3,(H,19,22)(H,20,21). The van der Waals surface area contributed by atoms with Gasteiger partial charge in [-0.25, -0.2) is 4.98 Å². The van der Waals surface area contributed by atoms with Crippen molar-refractivity contribution in [3.8, 4) is 6.07 Å². The van der Waals surface area contributed by atoms with E-state index in [1.54, 1.807) is 37.4 Å². The summed E-state index contributed by atoms with van der Waals surface area (Å²) in [6.45, 7) is 1.18. The molecule has 0 spiro atoms. The number of nitriles is 1. The summed E-state index contributed by atoms with van der Waals surface area (Å²) in [5.41, 5.74) is 1.84. The number of pyridine rings is 1. The van der Waals surface area contributed by atoms with Gasteiger partial charge in [0.2, 0.25) is 0 Å². The lowest BCUT2D eigenvalue weighted by Gasteiger charge is -2.07. The summed E-state index contributed by atoms with van der Waals surface area (Å²) in [5, 5.41) is 14.8. The molecule has 0 unspecified atom stereocenters. The van der Waals surface area contributed by atoms with Gasteiger partial charge < -0.3 is 15.4 Å². The quantitative estimate of drug-likeness (QED) is 0.767. The molecule has 0 aliphatic rings. The molecule has 0 aliphatic heterocycles. The lowest BCUT2D eigenvalue weighted by atomic mass is 10.2. The maximum Gasteiger partial charge on any atom is 0.252 e. The minimum Gasteiger partial charge on any atom is -0.385 e. The van der Waals surface area contributed by atoms with Crippen LogP contribution < -0.4 is 10.6 Å². The number of carbonyl (C=O) groups is 1. The Morgan fingerprint density at radius 2 is 2.22 bits per heavy atom. The Kier molecular flexibility index (Phi) is 6.09. The molecule has 118 valence electrons. The van der Waals surface area contributed by atoms with Crippen LogP contribution >= 0.6 is 0 Å². The zero-order valence-corrected chi connectivity index (χ0v) is 12.9. The SMILES string of the molecule is COCCCNC(=O)c1ccc(Nc2cccc(C#N)c2)nc1. The minimum absolute atomic E-state index is 0.161. The zero-order chi connectivity index (χ0) is 16.5. The smallest absolute Gasteiger partial charge is 0.252 e. The van der Waals surface area contributed by atoms with Crippen molar-refractivity contribution < 1.29 is 9.53 Å². The van der Waals surface area contributed by atoms with E-state index in [4.69, 9.17) is 10.00 Å². The first-order chi connectivity index (χ1) is 11.2. The molecule has 0 radical (unpaired) electrons. The van der Waals surface area contributed by atoms with E-state index in [0.717, 1.165) is 12.1 Å². The topological polar surface area (TPSA) is 87.0 Å². The van der Waals surface area contributed by atoms with Gasteiger partial charge in [-0.15, -0.1) is 0 Å². The average molecular weight is 310 g/mol. The van der Waals surface area contributed by atoms with Crippen molar-refractivity contribution in [2.45, 2.75) is 6.42 Å². The van der Waals surface area contributed by atoms with Gasteiger partial charge in [0.25, 0.3) is 5.91 Å². The molecular formula is C17H18N4O2. The molecular weight excluding hydrogens is 292 g/mol. The van der Waals surface area contributed by atoms with Gasteiger partial charge in [-0.1, -0.05) is 6.07 Å². The van der Waals surface area contributed by atoms with Crippen LogP contribution in [0, 0.1) is 11.3 Å². The first-order valence-corrected chi connectivity index (χ1v) is 7.23. The van der Waals surface area contributed by atoms with Crippen molar-refractivity contribution in [2.24, 2.45) is 0 Å². The molecule has 1 aromatic carbocycles. The number of ether oxygens (including phenoxy) is 1. The number of methoxy groups -OCH3 is 1. The maximum atomic E-state index is 11.9. The molecule has 1 amide bonds. The Morgan fingerprint density at radius 3 is 2.91 bits per heavy atom. The average Bonchev–Trinajstić information content (AvgIpc) is 2.59. The molecule has 2 N–H and O–H groups in total. The predicted molar refractivity (Wildman–Crippen MR) is 87.5 cm³/mol. The largest absolute Gasteiger partial charge is 0.385 e. The molecule has 6 nitrogen and oxygen atoms in total. The van der Waals surface area contributed by atoms with Crippen molar-refractivity contribution in [3.63, 3.8) is 0 Å². The molecule has 0 atom stereocenters. The zero-order valence-electron chi connectivity index (χ0n) is 12.9. The first-order valence-electron chi connectivity index (χ1n) is 7.23. The van der Waals surface area contributed by atoms with Gasteiger partial charge in [0.1, 0.15) is 5.82 Å². The Balaban J connectivity index is 1.93. The molecule has 2 aromatic rings. The van der Waals surface area contributed by atoms with Crippen LogP contribution in [0.25, 0.3) is 0 Å². The van der Waals surface area contributed by atoms with Crippen LogP contribution in [0.5, 0.6) is 0 Å². The van der Waals surface area contributed by atoms with E-state index in [0.29, 0.717) is 30.1 Å². The molecule has 0 fully saturated rings. The number of rotatable bonds is 7. The number of nitrogens with zero attached hydrogens (tertiary/aromatic N) is 2. The third-order valence-electron chi connectivity index (χ3n) is 3.10. The second kappa shape index (κ2) is 8.51. The molecule has 1 aromatic heterocycles. The highest BCUT2D eigenvalue weighted by atomic mass is 16.5. The number of amides is 1. The second-order valence-corrected chi connectivity index (χ2v) is 4.85. The molecule has 0 saturated carbocycles. The van der Waals surface area contributed by atoms with E-state index in [1.807, 2.05) is 6.07 Å². The van der Waals surface area contributed by atoms with Gasteiger partial charge in [0.05, 0.1) is 17.2 Å². The predicted octanol–water partition coefficient (Wildman–Crippen LogP) is 2.46. The highest BCUT2D eigenvalue weighted by molar-refractivity contribution is 5.94. The number of hydrogen-bond acceptors (Lipinski definition) is 5. The summed E-state index contributed by atoms with van der Waals surface area (Å²) < 4.78 is 4.93. The summed E-state index contributed by atoms with van der Waals surface area (Å²) in [4.78, 5) is 16.1. The van der Waals surface area contributed by atoms with Gasteiger partial charge in [-0.3, -0.25) is 4.79 Å². The van der Waals surface area contributed by atoms with Crippen molar-refractivity contribution in [3.05, 3.63) is 53.7 Å². The van der Waals surface area contributed by atoms with Gasteiger partial charge in [-0.2, -0.15) is 5.26 Å². The summed E-state index contributed by atoms with van der Waals surface area (Å²) in [6.07, 6.45) is 2.28. The van der Waals surface area contributed by atoms with Crippen molar-refractivity contribution >= 4 is 17.4 Å². The fourth-order valence-electron chi connectivity index (χ4n) is 1.94. The minimum atomic E-state index is -0.161. The van der Waals surface area contributed by atoms with E-state index < -0.39 is 0 Å². The van der Waals surface area contributed by atoms with E-state index >= 15 is 0 Å². The third-order valence-corrected chi connectivity index (χ3v) is 3.10. The van der Waals surface area contributed by atoms with Crippen LogP contribution in [0.2, 0.25) is 0 Å². The second-order valence-electron chi connectivity index (χ2n) is 4.85. The molecule has 6 heteroatoms. The van der Waals surface area contributed by atoms with Crippen molar-refractivity contribution in [1.82, 2.24) is 10.3 Å². The van der Waals surface area contributed by atoms with E-state index in [-0.39, 0.29) is 5.91 Å². The van der Waals surface area contributed by atoms with Gasteiger partial charge in [0, 0.05) is 32.1 Å². The molecule has 0 bridgehead atoms. The Labute approximate surface area is 135 Å². The summed E-state index contributed by atoms with van der Waals surface area (Å²) in [5.74, 6) is 0.447. The van der Waals surface area contributed by atoms with Gasteiger partial charge in [0.15, 0.2) is 0 Å². The Hall–Kier alpha value is -2.91. The monoisotopic (exact) mass is 310 g/mol. The maximum absolute atomic E-state index is 11.9. The van der Waals surface area contributed by atoms with E-state index in [9.17, 15) is 4.79 Å². The normalized spacial score (nSPS) is 9.91. The number of carbonyl (C=O) groups excluding carboxylic acids is 1. The molecule has 1 heterocycles. The van der Waals surface area contributed by atoms with Crippen LogP contribution in [-0.2, 0) is 4.74 Å². The summed E-state index contributed by atoms with van der Waals surface area (Å²) in [6, 6.07) is 12.6. The van der Waals surface area contributed by atoms with Crippen LogP contribution in [0.3, 0.4) is 0 Å². The highest BCUT2D eigenvalue weighted by Gasteiger charge is 2.05. The number of hydrogen-bond donors (Lipinski definition) is 2. The van der Waals surface area contributed by atoms with Crippen molar-refractivity contribution in [2.75, 3.05) is 25.6 Å². The number of benzene rings is 1. The van der Waals surface area contributed by atoms with E-state index in [2.05, 4.69) is 21.7 Å². The van der Waals surface area contributed by atoms with Crippen LogP contribution in [0.15, 0.2) is 42.6 Å². The van der Waals surface area contributed by atoms with Gasteiger partial charge >= 0.3 is 0 Å².